The molecule has 2 aliphatic rings. The van der Waals surface area contributed by atoms with E-state index in [1.165, 1.54) is 24.8 Å². The topological polar surface area (TPSA) is 67.2 Å². The van der Waals surface area contributed by atoms with Gasteiger partial charge in [0.25, 0.3) is 0 Å². The van der Waals surface area contributed by atoms with E-state index in [2.05, 4.69) is 22.7 Å². The van der Waals surface area contributed by atoms with E-state index < -0.39 is 0 Å². The van der Waals surface area contributed by atoms with Gasteiger partial charge in [0.1, 0.15) is 11.5 Å². The maximum absolute atomic E-state index is 11.9. The van der Waals surface area contributed by atoms with E-state index in [0.717, 1.165) is 43.1 Å². The molecule has 2 N–H and O–H groups in total. The van der Waals surface area contributed by atoms with Gasteiger partial charge < -0.3 is 15.2 Å². The van der Waals surface area contributed by atoms with Crippen LogP contribution in [0.5, 0.6) is 0 Å². The minimum atomic E-state index is -0.0864. The van der Waals surface area contributed by atoms with E-state index in [-0.39, 0.29) is 6.03 Å². The molecule has 0 aliphatic heterocycles. The highest BCUT2D eigenvalue weighted by Crippen LogP contribution is 2.25. The van der Waals surface area contributed by atoms with Gasteiger partial charge in [0.05, 0.1) is 6.54 Å². The monoisotopic (exact) mass is 277 g/mol. The molecule has 0 saturated heterocycles. The highest BCUT2D eigenvalue weighted by molar-refractivity contribution is 5.74. The lowest BCUT2D eigenvalue weighted by Gasteiger charge is -2.13. The molecule has 1 fully saturated rings. The molecule has 2 amide bonds. The highest BCUT2D eigenvalue weighted by Gasteiger charge is 2.23. The molecule has 5 heteroatoms. The molecule has 1 saturated carbocycles. The van der Waals surface area contributed by atoms with E-state index in [9.17, 15) is 4.79 Å². The average Bonchev–Trinajstić information content (AvgIpc) is 3.03. The third kappa shape index (κ3) is 2.97. The van der Waals surface area contributed by atoms with Gasteiger partial charge in [-0.3, -0.25) is 0 Å². The van der Waals surface area contributed by atoms with Gasteiger partial charge in [-0.2, -0.15) is 0 Å². The quantitative estimate of drug-likeness (QED) is 0.892. The van der Waals surface area contributed by atoms with E-state index in [1.54, 1.807) is 0 Å². The van der Waals surface area contributed by atoms with Gasteiger partial charge in [-0.05, 0) is 44.4 Å². The molecular formula is C15H23N3O2. The first-order chi connectivity index (χ1) is 9.72. The Morgan fingerprint density at radius 2 is 2.20 bits per heavy atom. The van der Waals surface area contributed by atoms with Crippen LogP contribution in [0, 0.1) is 5.92 Å². The number of carbonyl (C=O) groups excluding carboxylic acids is 1. The van der Waals surface area contributed by atoms with Gasteiger partial charge in [0.15, 0.2) is 0 Å². The molecule has 0 radical (unpaired) electrons. The number of hydrogen-bond donors (Lipinski definition) is 2. The van der Waals surface area contributed by atoms with Crippen LogP contribution in [0.4, 0.5) is 4.79 Å². The number of hydrogen-bond acceptors (Lipinski definition) is 3. The van der Waals surface area contributed by atoms with E-state index in [4.69, 9.17) is 4.52 Å². The first kappa shape index (κ1) is 13.5. The van der Waals surface area contributed by atoms with Crippen LogP contribution in [0.25, 0.3) is 0 Å². The molecular weight excluding hydrogens is 254 g/mol. The highest BCUT2D eigenvalue weighted by atomic mass is 16.5. The summed E-state index contributed by atoms with van der Waals surface area (Å²) in [5, 5.41) is 10.0. The zero-order valence-corrected chi connectivity index (χ0v) is 12.1. The number of amides is 2. The summed E-state index contributed by atoms with van der Waals surface area (Å²) in [6.45, 7) is 2.70. The van der Waals surface area contributed by atoms with Crippen molar-refractivity contribution in [2.24, 2.45) is 5.92 Å². The Hall–Kier alpha value is -1.52. The Kier molecular flexibility index (Phi) is 3.94. The molecule has 0 aromatic carbocycles. The summed E-state index contributed by atoms with van der Waals surface area (Å²) >= 11 is 0. The van der Waals surface area contributed by atoms with Crippen LogP contribution < -0.4 is 10.6 Å². The normalized spacial score (nSPS) is 25.2. The molecule has 1 heterocycles. The van der Waals surface area contributed by atoms with E-state index >= 15 is 0 Å². The summed E-state index contributed by atoms with van der Waals surface area (Å²) in [6.07, 6.45) is 7.76. The van der Waals surface area contributed by atoms with Crippen molar-refractivity contribution in [2.75, 3.05) is 0 Å². The van der Waals surface area contributed by atoms with Crippen LogP contribution in [0.15, 0.2) is 4.52 Å². The van der Waals surface area contributed by atoms with Crippen LogP contribution in [-0.2, 0) is 19.4 Å². The van der Waals surface area contributed by atoms with Crippen molar-refractivity contribution in [3.05, 3.63) is 17.0 Å². The largest absolute Gasteiger partial charge is 0.361 e. The van der Waals surface area contributed by atoms with Crippen LogP contribution in [-0.4, -0.2) is 17.2 Å². The molecule has 5 nitrogen and oxygen atoms in total. The van der Waals surface area contributed by atoms with Crippen LogP contribution in [0.1, 0.15) is 56.0 Å². The van der Waals surface area contributed by atoms with Crippen LogP contribution in [0.2, 0.25) is 0 Å². The SMILES string of the molecule is C[C@@H]1CC[C@H](NC(=O)NCc2noc3c2CCCC3)C1. The van der Waals surface area contributed by atoms with Crippen molar-refractivity contribution in [2.45, 2.75) is 64.5 Å². The van der Waals surface area contributed by atoms with E-state index in [0.29, 0.717) is 12.6 Å². The molecule has 0 spiro atoms. The van der Waals surface area contributed by atoms with Crippen molar-refractivity contribution >= 4 is 6.03 Å². The zero-order valence-electron chi connectivity index (χ0n) is 12.1. The van der Waals surface area contributed by atoms with Gasteiger partial charge in [-0.1, -0.05) is 12.1 Å². The van der Waals surface area contributed by atoms with Crippen LogP contribution >= 0.6 is 0 Å². The fourth-order valence-electron chi connectivity index (χ4n) is 3.33. The standard InChI is InChI=1S/C15H23N3O2/c1-10-6-7-11(8-10)17-15(19)16-9-13-12-4-2-3-5-14(12)20-18-13/h10-11H,2-9H2,1H3,(H2,16,17,19)/t10-,11+/m1/s1. The molecule has 1 aromatic heterocycles. The first-order valence-electron chi connectivity index (χ1n) is 7.73. The summed E-state index contributed by atoms with van der Waals surface area (Å²) in [6, 6.07) is 0.243. The fraction of sp³-hybridized carbons (Fsp3) is 0.733. The molecule has 3 rings (SSSR count). The molecule has 0 unspecified atom stereocenters. The van der Waals surface area contributed by atoms with Crippen molar-refractivity contribution in [1.29, 1.82) is 0 Å². The third-order valence-corrected chi connectivity index (χ3v) is 4.48. The molecule has 2 atom stereocenters. The maximum atomic E-state index is 11.9. The number of nitrogens with zero attached hydrogens (tertiary/aromatic N) is 1. The molecule has 20 heavy (non-hydrogen) atoms. The van der Waals surface area contributed by atoms with Gasteiger partial charge in [-0.25, -0.2) is 4.79 Å². The van der Waals surface area contributed by atoms with Crippen molar-refractivity contribution in [1.82, 2.24) is 15.8 Å². The molecule has 110 valence electrons. The number of carbonyl (C=O) groups is 1. The molecule has 1 aromatic rings. The molecule has 0 bridgehead atoms. The average molecular weight is 277 g/mol. The van der Waals surface area contributed by atoms with Gasteiger partial charge >= 0.3 is 6.03 Å². The van der Waals surface area contributed by atoms with Gasteiger partial charge in [0, 0.05) is 18.0 Å². The second-order valence-electron chi connectivity index (χ2n) is 6.18. The predicted molar refractivity (Wildman–Crippen MR) is 75.3 cm³/mol. The third-order valence-electron chi connectivity index (χ3n) is 4.48. The van der Waals surface area contributed by atoms with Crippen molar-refractivity contribution in [3.8, 4) is 0 Å². The maximum Gasteiger partial charge on any atom is 0.315 e. The minimum Gasteiger partial charge on any atom is -0.361 e. The predicted octanol–water partition coefficient (Wildman–Crippen LogP) is 2.54. The lowest BCUT2D eigenvalue weighted by molar-refractivity contribution is 0.236. The summed E-state index contributed by atoms with van der Waals surface area (Å²) in [7, 11) is 0. The summed E-state index contributed by atoms with van der Waals surface area (Å²) in [5.74, 6) is 1.74. The van der Waals surface area contributed by atoms with Gasteiger partial charge in [-0.15, -0.1) is 0 Å². The summed E-state index contributed by atoms with van der Waals surface area (Å²) in [4.78, 5) is 11.9. The minimum absolute atomic E-state index is 0.0864. The number of aryl methyl sites for hydroxylation is 1. The Balaban J connectivity index is 1.49. The second kappa shape index (κ2) is 5.85. The van der Waals surface area contributed by atoms with E-state index in [1.807, 2.05) is 0 Å². The Bertz CT molecular complexity index is 483. The fourth-order valence-corrected chi connectivity index (χ4v) is 3.33. The summed E-state index contributed by atoms with van der Waals surface area (Å²) < 4.78 is 5.35. The lowest BCUT2D eigenvalue weighted by Crippen LogP contribution is -2.40. The Morgan fingerprint density at radius 1 is 1.35 bits per heavy atom. The van der Waals surface area contributed by atoms with Gasteiger partial charge in [0.2, 0.25) is 0 Å². The summed E-state index contributed by atoms with van der Waals surface area (Å²) in [5.41, 5.74) is 2.11. The second-order valence-corrected chi connectivity index (χ2v) is 6.18. The number of rotatable bonds is 3. The number of aromatic nitrogens is 1. The number of fused-ring (bicyclic) bond motifs is 1. The zero-order chi connectivity index (χ0) is 13.9. The van der Waals surface area contributed by atoms with Crippen molar-refractivity contribution in [3.63, 3.8) is 0 Å². The molecule has 2 aliphatic carbocycles. The van der Waals surface area contributed by atoms with Crippen LogP contribution in [0.3, 0.4) is 0 Å². The lowest BCUT2D eigenvalue weighted by atomic mass is 9.96. The first-order valence-corrected chi connectivity index (χ1v) is 7.73. The number of urea groups is 1. The smallest absolute Gasteiger partial charge is 0.315 e. The Morgan fingerprint density at radius 3 is 3.00 bits per heavy atom. The number of nitrogens with one attached hydrogen (secondary N) is 2. The van der Waals surface area contributed by atoms with Crippen molar-refractivity contribution < 1.29 is 9.32 Å². The Labute approximate surface area is 119 Å².